The number of hydrogen-bond donors (Lipinski definition) is 1. The Labute approximate surface area is 108 Å². The Morgan fingerprint density at radius 1 is 1.41 bits per heavy atom. The molecular formula is C12H21ClN2O2. The molecule has 2 unspecified atom stereocenters. The molecule has 1 N–H and O–H groups in total. The molecule has 0 heterocycles. The number of imide groups is 1. The second-order valence-corrected chi connectivity index (χ2v) is 5.21. The molecule has 4 nitrogen and oxygen atoms in total. The third-order valence-corrected chi connectivity index (χ3v) is 3.53. The van der Waals surface area contributed by atoms with Crippen LogP contribution in [0.15, 0.2) is 0 Å². The summed E-state index contributed by atoms with van der Waals surface area (Å²) in [6.07, 6.45) is 4.62. The first kappa shape index (κ1) is 14.3. The van der Waals surface area contributed by atoms with Gasteiger partial charge in [-0.05, 0) is 18.8 Å². The van der Waals surface area contributed by atoms with E-state index in [4.69, 9.17) is 11.6 Å². The first-order chi connectivity index (χ1) is 8.04. The number of carbonyl (C=O) groups excluding carboxylic acids is 2. The van der Waals surface area contributed by atoms with Crippen molar-refractivity contribution in [1.82, 2.24) is 10.2 Å². The molecule has 0 radical (unpaired) electrons. The second-order valence-electron chi connectivity index (χ2n) is 4.83. The van der Waals surface area contributed by atoms with Gasteiger partial charge in [0.2, 0.25) is 5.91 Å². The van der Waals surface area contributed by atoms with Crippen molar-refractivity contribution in [2.45, 2.75) is 45.1 Å². The molecule has 1 fully saturated rings. The molecule has 0 aromatic heterocycles. The highest BCUT2D eigenvalue weighted by Crippen LogP contribution is 2.26. The summed E-state index contributed by atoms with van der Waals surface area (Å²) in [5.74, 6) is 0.590. The van der Waals surface area contributed by atoms with E-state index in [1.54, 1.807) is 11.9 Å². The lowest BCUT2D eigenvalue weighted by atomic mass is 9.86. The van der Waals surface area contributed by atoms with Crippen molar-refractivity contribution in [1.29, 1.82) is 0 Å². The van der Waals surface area contributed by atoms with Crippen LogP contribution in [-0.4, -0.2) is 35.8 Å². The first-order valence-corrected chi connectivity index (χ1v) is 6.70. The van der Waals surface area contributed by atoms with Crippen LogP contribution in [0, 0.1) is 5.92 Å². The Hall–Kier alpha value is -0.770. The van der Waals surface area contributed by atoms with Gasteiger partial charge >= 0.3 is 6.03 Å². The third kappa shape index (κ3) is 4.54. The summed E-state index contributed by atoms with van der Waals surface area (Å²) in [5, 5.41) is 2.36. The molecule has 0 spiro atoms. The van der Waals surface area contributed by atoms with Gasteiger partial charge in [-0.25, -0.2) is 4.79 Å². The second kappa shape index (κ2) is 6.84. The summed E-state index contributed by atoms with van der Waals surface area (Å²) in [6.45, 7) is 2.20. The number of nitrogens with one attached hydrogen (secondary N) is 1. The Morgan fingerprint density at radius 2 is 2.12 bits per heavy atom. The fourth-order valence-electron chi connectivity index (χ4n) is 2.28. The summed E-state index contributed by atoms with van der Waals surface area (Å²) in [4.78, 5) is 24.7. The van der Waals surface area contributed by atoms with Crippen molar-refractivity contribution in [2.75, 3.05) is 12.9 Å². The van der Waals surface area contributed by atoms with Gasteiger partial charge in [0.15, 0.2) is 0 Å². The summed E-state index contributed by atoms with van der Waals surface area (Å²) < 4.78 is 0. The van der Waals surface area contributed by atoms with Gasteiger partial charge in [0.05, 0.1) is 0 Å². The molecule has 0 aromatic rings. The lowest BCUT2D eigenvalue weighted by molar-refractivity contribution is -0.119. The van der Waals surface area contributed by atoms with E-state index in [2.05, 4.69) is 12.2 Å². The standard InChI is InChI=1S/C12H21ClN2O2/c1-9-4-3-5-10(8-9)15(2)12(17)14-11(16)6-7-13/h9-10H,3-8H2,1-2H3,(H,14,16,17). The highest BCUT2D eigenvalue weighted by atomic mass is 35.5. The summed E-state index contributed by atoms with van der Waals surface area (Å²) in [5.41, 5.74) is 0. The van der Waals surface area contributed by atoms with E-state index < -0.39 is 0 Å². The van der Waals surface area contributed by atoms with E-state index in [9.17, 15) is 9.59 Å². The number of amides is 3. The molecule has 2 atom stereocenters. The average Bonchev–Trinajstić information content (AvgIpc) is 2.28. The number of halogens is 1. The predicted molar refractivity (Wildman–Crippen MR) is 68.1 cm³/mol. The van der Waals surface area contributed by atoms with E-state index in [0.717, 1.165) is 19.3 Å². The Kier molecular flexibility index (Phi) is 5.75. The molecule has 1 aliphatic carbocycles. The number of urea groups is 1. The van der Waals surface area contributed by atoms with Crippen molar-refractivity contribution in [3.63, 3.8) is 0 Å². The molecular weight excluding hydrogens is 240 g/mol. The zero-order valence-corrected chi connectivity index (χ0v) is 11.3. The predicted octanol–water partition coefficient (Wildman–Crippen LogP) is 2.36. The number of rotatable bonds is 3. The minimum absolute atomic E-state index is 0.183. The van der Waals surface area contributed by atoms with E-state index in [0.29, 0.717) is 5.92 Å². The van der Waals surface area contributed by atoms with Crippen molar-refractivity contribution in [3.05, 3.63) is 0 Å². The molecule has 1 saturated carbocycles. The summed E-state index contributed by atoms with van der Waals surface area (Å²) in [6, 6.07) is -0.0539. The lowest BCUT2D eigenvalue weighted by Gasteiger charge is -2.33. The van der Waals surface area contributed by atoms with Crippen LogP contribution in [0.1, 0.15) is 39.0 Å². The summed E-state index contributed by atoms with van der Waals surface area (Å²) in [7, 11) is 1.76. The lowest BCUT2D eigenvalue weighted by Crippen LogP contribution is -2.47. The van der Waals surface area contributed by atoms with Gasteiger partial charge in [0, 0.05) is 25.4 Å². The number of alkyl halides is 1. The van der Waals surface area contributed by atoms with Crippen molar-refractivity contribution in [3.8, 4) is 0 Å². The first-order valence-electron chi connectivity index (χ1n) is 6.17. The summed E-state index contributed by atoms with van der Waals surface area (Å²) >= 11 is 5.44. The van der Waals surface area contributed by atoms with Gasteiger partial charge in [-0.3, -0.25) is 10.1 Å². The minimum atomic E-state index is -0.306. The highest BCUT2D eigenvalue weighted by molar-refractivity contribution is 6.19. The van der Waals surface area contributed by atoms with Crippen LogP contribution in [0.5, 0.6) is 0 Å². The maximum Gasteiger partial charge on any atom is 0.324 e. The smallest absolute Gasteiger partial charge is 0.324 e. The van der Waals surface area contributed by atoms with Crippen molar-refractivity contribution in [2.24, 2.45) is 5.92 Å². The average molecular weight is 261 g/mol. The van der Waals surface area contributed by atoms with E-state index >= 15 is 0 Å². The molecule has 0 aliphatic heterocycles. The minimum Gasteiger partial charge on any atom is -0.325 e. The number of nitrogens with zero attached hydrogens (tertiary/aromatic N) is 1. The molecule has 17 heavy (non-hydrogen) atoms. The van der Waals surface area contributed by atoms with E-state index in [1.165, 1.54) is 6.42 Å². The molecule has 1 aliphatic rings. The SMILES string of the molecule is CC1CCCC(N(C)C(=O)NC(=O)CCCl)C1. The van der Waals surface area contributed by atoms with Crippen LogP contribution in [0.3, 0.4) is 0 Å². The highest BCUT2D eigenvalue weighted by Gasteiger charge is 2.25. The van der Waals surface area contributed by atoms with Crippen LogP contribution in [0.25, 0.3) is 0 Å². The van der Waals surface area contributed by atoms with Crippen molar-refractivity contribution >= 4 is 23.5 Å². The number of hydrogen-bond acceptors (Lipinski definition) is 2. The molecule has 0 saturated heterocycles. The maximum absolute atomic E-state index is 11.8. The van der Waals surface area contributed by atoms with Gasteiger partial charge in [0.1, 0.15) is 0 Å². The zero-order valence-electron chi connectivity index (χ0n) is 10.5. The fraction of sp³-hybridized carbons (Fsp3) is 0.833. The van der Waals surface area contributed by atoms with Gasteiger partial charge in [0.25, 0.3) is 0 Å². The van der Waals surface area contributed by atoms with Crippen LogP contribution in [-0.2, 0) is 4.79 Å². The van der Waals surface area contributed by atoms with Gasteiger partial charge < -0.3 is 4.90 Å². The monoisotopic (exact) mass is 260 g/mol. The molecule has 5 heteroatoms. The quantitative estimate of drug-likeness (QED) is 0.792. The van der Waals surface area contributed by atoms with Crippen LogP contribution >= 0.6 is 11.6 Å². The van der Waals surface area contributed by atoms with Gasteiger partial charge in [-0.2, -0.15) is 0 Å². The Balaban J connectivity index is 2.42. The number of carbonyl (C=O) groups is 2. The largest absolute Gasteiger partial charge is 0.325 e. The van der Waals surface area contributed by atoms with Gasteiger partial charge in [-0.1, -0.05) is 19.8 Å². The molecule has 0 bridgehead atoms. The Morgan fingerprint density at radius 3 is 2.71 bits per heavy atom. The topological polar surface area (TPSA) is 49.4 Å². The maximum atomic E-state index is 11.8. The molecule has 98 valence electrons. The van der Waals surface area contributed by atoms with Crippen molar-refractivity contribution < 1.29 is 9.59 Å². The van der Waals surface area contributed by atoms with E-state index in [1.807, 2.05) is 0 Å². The third-order valence-electron chi connectivity index (χ3n) is 3.34. The normalized spacial score (nSPS) is 24.2. The van der Waals surface area contributed by atoms with Gasteiger partial charge in [-0.15, -0.1) is 11.6 Å². The molecule has 0 aromatic carbocycles. The molecule has 1 rings (SSSR count). The van der Waals surface area contributed by atoms with Crippen LogP contribution in [0.4, 0.5) is 4.79 Å². The van der Waals surface area contributed by atoms with Crippen LogP contribution < -0.4 is 5.32 Å². The van der Waals surface area contributed by atoms with E-state index in [-0.39, 0.29) is 30.3 Å². The zero-order chi connectivity index (χ0) is 12.8. The fourth-order valence-corrected chi connectivity index (χ4v) is 2.45. The van der Waals surface area contributed by atoms with Crippen LogP contribution in [0.2, 0.25) is 0 Å². The Bertz CT molecular complexity index is 284. The molecule has 3 amide bonds.